The van der Waals surface area contributed by atoms with Gasteiger partial charge < -0.3 is 11.1 Å². The van der Waals surface area contributed by atoms with Crippen molar-refractivity contribution < 1.29 is 0 Å². The molecule has 4 N–H and O–H groups in total. The number of H-pyrrole nitrogens is 1. The molecule has 2 aromatic rings. The Balaban J connectivity index is 1.63. The number of aromatic nitrogens is 4. The number of rotatable bonds is 4. The lowest BCUT2D eigenvalue weighted by Crippen LogP contribution is -2.01. The van der Waals surface area contributed by atoms with Gasteiger partial charge in [-0.15, -0.1) is 0 Å². The normalized spacial score (nSPS) is 15.2. The van der Waals surface area contributed by atoms with Crippen LogP contribution in [-0.4, -0.2) is 19.6 Å². The Morgan fingerprint density at radius 2 is 2.44 bits per heavy atom. The molecular weight excluding hydrogens is 224 g/mol. The second kappa shape index (κ2) is 3.75. The lowest BCUT2D eigenvalue weighted by atomic mass is 10.3. The highest BCUT2D eigenvalue weighted by atomic mass is 32.1. The lowest BCUT2D eigenvalue weighted by Gasteiger charge is -1.99. The number of hydrogen-bond acceptors (Lipinski definition) is 6. The quantitative estimate of drug-likeness (QED) is 0.744. The Morgan fingerprint density at radius 3 is 3.12 bits per heavy atom. The maximum absolute atomic E-state index is 5.68. The Bertz CT molecular complexity index is 486. The first-order valence-corrected chi connectivity index (χ1v) is 5.95. The van der Waals surface area contributed by atoms with Gasteiger partial charge in [-0.3, -0.25) is 5.10 Å². The summed E-state index contributed by atoms with van der Waals surface area (Å²) in [4.78, 5) is 4.43. The van der Waals surface area contributed by atoms with Gasteiger partial charge in [0.25, 0.3) is 0 Å². The van der Waals surface area contributed by atoms with E-state index >= 15 is 0 Å². The lowest BCUT2D eigenvalue weighted by molar-refractivity contribution is 0.980. The summed E-state index contributed by atoms with van der Waals surface area (Å²) in [6.45, 7) is 0.627. The van der Waals surface area contributed by atoms with Gasteiger partial charge in [0, 0.05) is 29.6 Å². The highest BCUT2D eigenvalue weighted by Crippen LogP contribution is 2.39. The molecule has 84 valence electrons. The fourth-order valence-corrected chi connectivity index (χ4v) is 2.09. The number of hydrogen-bond donors (Lipinski definition) is 3. The second-order valence-electron chi connectivity index (χ2n) is 3.89. The standard InChI is InChI=1S/C9H12N6S/c10-7-6(4-12-14-7)3-11-9-13-8(15-16-9)5-1-2-5/h4-5H,1-3H2,(H3,10,12,14)(H,11,13,15). The number of nitrogens with two attached hydrogens (primary N) is 1. The van der Waals surface area contributed by atoms with Crippen molar-refractivity contribution in [2.24, 2.45) is 0 Å². The minimum Gasteiger partial charge on any atom is -0.384 e. The third-order valence-electron chi connectivity index (χ3n) is 2.57. The number of aromatic amines is 1. The van der Waals surface area contributed by atoms with Crippen LogP contribution >= 0.6 is 11.5 Å². The number of nitrogens with zero attached hydrogens (tertiary/aromatic N) is 3. The number of nitrogens with one attached hydrogen (secondary N) is 2. The number of anilines is 2. The van der Waals surface area contributed by atoms with E-state index in [0.717, 1.165) is 16.5 Å². The van der Waals surface area contributed by atoms with Gasteiger partial charge in [-0.2, -0.15) is 9.47 Å². The van der Waals surface area contributed by atoms with Crippen LogP contribution in [0.4, 0.5) is 10.9 Å². The van der Waals surface area contributed by atoms with E-state index < -0.39 is 0 Å². The molecule has 0 spiro atoms. The molecule has 0 amide bonds. The van der Waals surface area contributed by atoms with Crippen LogP contribution in [-0.2, 0) is 6.54 Å². The molecule has 1 aliphatic rings. The van der Waals surface area contributed by atoms with E-state index in [4.69, 9.17) is 5.73 Å². The maximum atomic E-state index is 5.68. The molecule has 3 rings (SSSR count). The summed E-state index contributed by atoms with van der Waals surface area (Å²) in [5.41, 5.74) is 6.62. The number of nitrogen functional groups attached to an aromatic ring is 1. The van der Waals surface area contributed by atoms with Crippen LogP contribution in [0.5, 0.6) is 0 Å². The predicted molar refractivity (Wildman–Crippen MR) is 62.2 cm³/mol. The van der Waals surface area contributed by atoms with Gasteiger partial charge >= 0.3 is 0 Å². The van der Waals surface area contributed by atoms with Crippen molar-refractivity contribution in [1.29, 1.82) is 0 Å². The molecule has 0 aromatic carbocycles. The highest BCUT2D eigenvalue weighted by Gasteiger charge is 2.27. The molecule has 6 nitrogen and oxygen atoms in total. The average Bonchev–Trinajstić information content (AvgIpc) is 2.89. The molecule has 1 saturated carbocycles. The fraction of sp³-hybridized carbons (Fsp3) is 0.444. The van der Waals surface area contributed by atoms with Crippen molar-refractivity contribution in [1.82, 2.24) is 19.6 Å². The molecule has 16 heavy (non-hydrogen) atoms. The molecule has 0 atom stereocenters. The maximum Gasteiger partial charge on any atom is 0.202 e. The first-order valence-electron chi connectivity index (χ1n) is 5.18. The fourth-order valence-electron chi connectivity index (χ4n) is 1.45. The molecule has 1 fully saturated rings. The molecule has 7 heteroatoms. The van der Waals surface area contributed by atoms with Crippen molar-refractivity contribution in [2.45, 2.75) is 25.3 Å². The van der Waals surface area contributed by atoms with Crippen LogP contribution in [0.3, 0.4) is 0 Å². The van der Waals surface area contributed by atoms with Crippen molar-refractivity contribution in [3.05, 3.63) is 17.6 Å². The zero-order valence-electron chi connectivity index (χ0n) is 8.60. The summed E-state index contributed by atoms with van der Waals surface area (Å²) in [5, 5.41) is 10.6. The van der Waals surface area contributed by atoms with E-state index in [1.54, 1.807) is 6.20 Å². The second-order valence-corrected chi connectivity index (χ2v) is 4.65. The Labute approximate surface area is 96.5 Å². The third kappa shape index (κ3) is 1.85. The summed E-state index contributed by atoms with van der Waals surface area (Å²) >= 11 is 1.40. The summed E-state index contributed by atoms with van der Waals surface area (Å²) < 4.78 is 4.31. The van der Waals surface area contributed by atoms with Crippen molar-refractivity contribution in [2.75, 3.05) is 11.1 Å². The first-order chi connectivity index (χ1) is 7.83. The molecule has 2 heterocycles. The van der Waals surface area contributed by atoms with Crippen LogP contribution in [0.25, 0.3) is 0 Å². The van der Waals surface area contributed by atoms with E-state index in [9.17, 15) is 0 Å². The van der Waals surface area contributed by atoms with E-state index in [-0.39, 0.29) is 0 Å². The molecule has 0 saturated heterocycles. The smallest absolute Gasteiger partial charge is 0.202 e. The largest absolute Gasteiger partial charge is 0.384 e. The predicted octanol–water partition coefficient (Wildman–Crippen LogP) is 1.33. The van der Waals surface area contributed by atoms with E-state index in [1.807, 2.05) is 0 Å². The molecule has 0 unspecified atom stereocenters. The van der Waals surface area contributed by atoms with Crippen LogP contribution < -0.4 is 11.1 Å². The Hall–Kier alpha value is -1.63. The Morgan fingerprint density at radius 1 is 1.56 bits per heavy atom. The highest BCUT2D eigenvalue weighted by molar-refractivity contribution is 7.09. The monoisotopic (exact) mass is 236 g/mol. The van der Waals surface area contributed by atoms with Gasteiger partial charge in [0.1, 0.15) is 11.6 Å². The van der Waals surface area contributed by atoms with Crippen molar-refractivity contribution in [3.63, 3.8) is 0 Å². The zero-order valence-corrected chi connectivity index (χ0v) is 9.42. The summed E-state index contributed by atoms with van der Waals surface area (Å²) in [5.74, 6) is 2.18. The van der Waals surface area contributed by atoms with Crippen LogP contribution in [0.15, 0.2) is 6.20 Å². The van der Waals surface area contributed by atoms with Crippen LogP contribution in [0.2, 0.25) is 0 Å². The molecule has 0 bridgehead atoms. The third-order valence-corrected chi connectivity index (χ3v) is 3.25. The minimum atomic E-state index is 0.597. The van der Waals surface area contributed by atoms with Gasteiger partial charge in [-0.1, -0.05) is 0 Å². The van der Waals surface area contributed by atoms with E-state index in [2.05, 4.69) is 24.9 Å². The van der Waals surface area contributed by atoms with Gasteiger partial charge in [-0.05, 0) is 12.8 Å². The summed E-state index contributed by atoms with van der Waals surface area (Å²) in [6.07, 6.45) is 4.17. The molecular formula is C9H12N6S. The van der Waals surface area contributed by atoms with E-state index in [0.29, 0.717) is 18.3 Å². The van der Waals surface area contributed by atoms with Gasteiger partial charge in [-0.25, -0.2) is 4.98 Å². The average molecular weight is 236 g/mol. The van der Waals surface area contributed by atoms with Gasteiger partial charge in [0.05, 0.1) is 6.20 Å². The summed E-state index contributed by atoms with van der Waals surface area (Å²) in [7, 11) is 0. The SMILES string of the molecule is Nc1[nH]ncc1CNc1nc(C2CC2)ns1. The molecule has 2 aromatic heterocycles. The van der Waals surface area contributed by atoms with Crippen LogP contribution in [0, 0.1) is 0 Å². The van der Waals surface area contributed by atoms with Crippen LogP contribution in [0.1, 0.15) is 30.1 Å². The van der Waals surface area contributed by atoms with Crippen molar-refractivity contribution in [3.8, 4) is 0 Å². The van der Waals surface area contributed by atoms with Crippen molar-refractivity contribution >= 4 is 22.5 Å². The molecule has 1 aliphatic carbocycles. The van der Waals surface area contributed by atoms with Gasteiger partial charge in [0.15, 0.2) is 0 Å². The van der Waals surface area contributed by atoms with Gasteiger partial charge in [0.2, 0.25) is 5.13 Å². The molecule has 0 radical (unpaired) electrons. The topological polar surface area (TPSA) is 92.5 Å². The van der Waals surface area contributed by atoms with E-state index in [1.165, 1.54) is 24.4 Å². The summed E-state index contributed by atoms with van der Waals surface area (Å²) in [6, 6.07) is 0. The Kier molecular flexibility index (Phi) is 2.24. The first kappa shape index (κ1) is 9.59. The zero-order chi connectivity index (χ0) is 11.0. The minimum absolute atomic E-state index is 0.597. The molecule has 0 aliphatic heterocycles.